The van der Waals surface area contributed by atoms with Crippen LogP contribution in [0.1, 0.15) is 37.2 Å². The summed E-state index contributed by atoms with van der Waals surface area (Å²) in [6.45, 7) is 0.885. The van der Waals surface area contributed by atoms with Crippen molar-refractivity contribution in [2.45, 2.75) is 37.7 Å². The molecule has 1 aromatic carbocycles. The van der Waals surface area contributed by atoms with Crippen LogP contribution in [0.2, 0.25) is 0 Å². The summed E-state index contributed by atoms with van der Waals surface area (Å²) >= 11 is 0. The van der Waals surface area contributed by atoms with Crippen LogP contribution in [-0.2, 0) is 0 Å². The number of fused-ring (bicyclic) bond motifs is 1. The Morgan fingerprint density at radius 3 is 3.00 bits per heavy atom. The summed E-state index contributed by atoms with van der Waals surface area (Å²) in [6.07, 6.45) is 2.76. The van der Waals surface area contributed by atoms with E-state index in [0.717, 1.165) is 25.2 Å². The molecule has 2 N–H and O–H groups in total. The molecule has 1 aliphatic heterocycles. The zero-order chi connectivity index (χ0) is 12.1. The molecule has 0 saturated carbocycles. The zero-order valence-corrected chi connectivity index (χ0v) is 10.0. The van der Waals surface area contributed by atoms with Crippen LogP contribution in [0.15, 0.2) is 24.3 Å². The lowest BCUT2D eigenvalue weighted by Crippen LogP contribution is -2.19. The van der Waals surface area contributed by atoms with Crippen molar-refractivity contribution in [2.75, 3.05) is 13.2 Å². The minimum Gasteiger partial charge on any atom is -0.493 e. The molecule has 0 spiro atoms. The maximum atomic E-state index is 9.91. The Balaban J connectivity index is 1.98. The van der Waals surface area contributed by atoms with Gasteiger partial charge < -0.3 is 14.9 Å². The Morgan fingerprint density at radius 2 is 2.18 bits per heavy atom. The van der Waals surface area contributed by atoms with E-state index in [1.807, 2.05) is 18.2 Å². The molecule has 1 heterocycles. The number of hydrogen-bond donors (Lipinski definition) is 2. The fraction of sp³-hybridized carbons (Fsp3) is 0.571. The summed E-state index contributed by atoms with van der Waals surface area (Å²) < 4.78 is 5.59. The summed E-state index contributed by atoms with van der Waals surface area (Å²) in [5, 5.41) is 18.7. The first-order valence-electron chi connectivity index (χ1n) is 6.32. The Hall–Kier alpha value is -1.06. The number of aliphatic hydroxyl groups is 2. The number of benzene rings is 1. The van der Waals surface area contributed by atoms with Crippen molar-refractivity contribution in [1.29, 1.82) is 0 Å². The molecule has 2 unspecified atom stereocenters. The van der Waals surface area contributed by atoms with Gasteiger partial charge in [-0.15, -0.1) is 0 Å². The molecule has 17 heavy (non-hydrogen) atoms. The molecule has 0 saturated heterocycles. The quantitative estimate of drug-likeness (QED) is 0.823. The molecule has 94 valence electrons. The van der Waals surface area contributed by atoms with Gasteiger partial charge in [-0.25, -0.2) is 0 Å². The van der Waals surface area contributed by atoms with Gasteiger partial charge in [0.15, 0.2) is 0 Å². The fourth-order valence-electron chi connectivity index (χ4n) is 2.43. The molecular weight excluding hydrogens is 216 g/mol. The second kappa shape index (κ2) is 6.03. The summed E-state index contributed by atoms with van der Waals surface area (Å²) in [4.78, 5) is 0. The maximum absolute atomic E-state index is 9.91. The van der Waals surface area contributed by atoms with Crippen molar-refractivity contribution in [3.05, 3.63) is 29.8 Å². The molecule has 0 aromatic heterocycles. The lowest BCUT2D eigenvalue weighted by Gasteiger charge is -2.27. The van der Waals surface area contributed by atoms with E-state index in [-0.39, 0.29) is 12.7 Å². The third-order valence-electron chi connectivity index (χ3n) is 3.33. The highest BCUT2D eigenvalue weighted by atomic mass is 16.5. The number of hydrogen-bond acceptors (Lipinski definition) is 3. The second-order valence-corrected chi connectivity index (χ2v) is 4.63. The molecule has 0 amide bonds. The summed E-state index contributed by atoms with van der Waals surface area (Å²) in [5.74, 6) is 1.34. The van der Waals surface area contributed by atoms with Crippen LogP contribution in [0, 0.1) is 0 Å². The maximum Gasteiger partial charge on any atom is 0.122 e. The fourth-order valence-corrected chi connectivity index (χ4v) is 2.43. The second-order valence-electron chi connectivity index (χ2n) is 4.63. The van der Waals surface area contributed by atoms with E-state index in [4.69, 9.17) is 9.84 Å². The average Bonchev–Trinajstić information content (AvgIpc) is 2.37. The molecule has 0 bridgehead atoms. The van der Waals surface area contributed by atoms with Gasteiger partial charge in [0.25, 0.3) is 0 Å². The molecule has 0 radical (unpaired) electrons. The van der Waals surface area contributed by atoms with Gasteiger partial charge in [0.1, 0.15) is 5.75 Å². The van der Waals surface area contributed by atoms with Crippen molar-refractivity contribution < 1.29 is 14.9 Å². The Morgan fingerprint density at radius 1 is 1.35 bits per heavy atom. The minimum atomic E-state index is -0.321. The monoisotopic (exact) mass is 236 g/mol. The van der Waals surface area contributed by atoms with Crippen LogP contribution in [0.5, 0.6) is 5.75 Å². The van der Waals surface area contributed by atoms with Crippen LogP contribution in [0.3, 0.4) is 0 Å². The van der Waals surface area contributed by atoms with Crippen LogP contribution in [-0.4, -0.2) is 29.5 Å². The highest BCUT2D eigenvalue weighted by molar-refractivity contribution is 5.37. The topological polar surface area (TPSA) is 49.7 Å². The van der Waals surface area contributed by atoms with Gasteiger partial charge >= 0.3 is 0 Å². The molecule has 3 nitrogen and oxygen atoms in total. The van der Waals surface area contributed by atoms with Crippen LogP contribution in [0.4, 0.5) is 0 Å². The smallest absolute Gasteiger partial charge is 0.122 e. The van der Waals surface area contributed by atoms with Crippen molar-refractivity contribution in [1.82, 2.24) is 0 Å². The van der Waals surface area contributed by atoms with Gasteiger partial charge in [-0.2, -0.15) is 0 Å². The summed E-state index contributed by atoms with van der Waals surface area (Å²) in [5.41, 5.74) is 1.21. The first kappa shape index (κ1) is 12.4. The van der Waals surface area contributed by atoms with Crippen molar-refractivity contribution in [2.24, 2.45) is 0 Å². The van der Waals surface area contributed by atoms with Gasteiger partial charge in [-0.3, -0.25) is 0 Å². The van der Waals surface area contributed by atoms with Gasteiger partial charge in [0, 0.05) is 6.61 Å². The number of aliphatic hydroxyl groups excluding tert-OH is 2. The Bertz CT molecular complexity index is 351. The molecular formula is C14H20O3. The van der Waals surface area contributed by atoms with E-state index in [1.165, 1.54) is 5.56 Å². The lowest BCUT2D eigenvalue weighted by atomic mass is 9.87. The molecule has 2 atom stereocenters. The minimum absolute atomic E-state index is 0.154. The Kier molecular flexibility index (Phi) is 4.40. The molecule has 1 aromatic rings. The average molecular weight is 236 g/mol. The number of ether oxygens (including phenoxy) is 1. The standard InChI is InChI=1S/C14H20O3/c15-8-3-4-12(16)10-11-7-9-17-14-6-2-1-5-13(11)14/h1-2,5-6,11-12,15-16H,3-4,7-10H2. The van der Waals surface area contributed by atoms with Crippen LogP contribution in [0.25, 0.3) is 0 Å². The van der Waals surface area contributed by atoms with E-state index in [1.54, 1.807) is 0 Å². The van der Waals surface area contributed by atoms with Gasteiger partial charge in [0.2, 0.25) is 0 Å². The first-order valence-corrected chi connectivity index (χ1v) is 6.32. The number of para-hydroxylation sites is 1. The van der Waals surface area contributed by atoms with E-state index in [9.17, 15) is 5.11 Å². The summed E-state index contributed by atoms with van der Waals surface area (Å²) in [7, 11) is 0. The van der Waals surface area contributed by atoms with E-state index >= 15 is 0 Å². The zero-order valence-electron chi connectivity index (χ0n) is 10.0. The molecule has 3 heteroatoms. The van der Waals surface area contributed by atoms with Gasteiger partial charge in [-0.05, 0) is 43.2 Å². The van der Waals surface area contributed by atoms with Crippen molar-refractivity contribution in [3.8, 4) is 5.75 Å². The van der Waals surface area contributed by atoms with E-state index in [2.05, 4.69) is 6.07 Å². The van der Waals surface area contributed by atoms with Crippen LogP contribution < -0.4 is 4.74 Å². The van der Waals surface area contributed by atoms with Crippen molar-refractivity contribution in [3.63, 3.8) is 0 Å². The predicted molar refractivity (Wildman–Crippen MR) is 66.2 cm³/mol. The van der Waals surface area contributed by atoms with Gasteiger partial charge in [0.05, 0.1) is 12.7 Å². The highest BCUT2D eigenvalue weighted by Crippen LogP contribution is 2.36. The molecule has 2 rings (SSSR count). The van der Waals surface area contributed by atoms with E-state index in [0.29, 0.717) is 18.8 Å². The summed E-state index contributed by atoms with van der Waals surface area (Å²) in [6, 6.07) is 8.06. The van der Waals surface area contributed by atoms with Crippen molar-refractivity contribution >= 4 is 0 Å². The normalized spacial score (nSPS) is 20.5. The molecule has 1 aliphatic rings. The van der Waals surface area contributed by atoms with Gasteiger partial charge in [-0.1, -0.05) is 18.2 Å². The third-order valence-corrected chi connectivity index (χ3v) is 3.33. The Labute approximate surface area is 102 Å². The van der Waals surface area contributed by atoms with Crippen LogP contribution >= 0.6 is 0 Å². The predicted octanol–water partition coefficient (Wildman–Crippen LogP) is 2.08. The molecule has 0 aliphatic carbocycles. The lowest BCUT2D eigenvalue weighted by molar-refractivity contribution is 0.124. The largest absolute Gasteiger partial charge is 0.493 e. The molecule has 0 fully saturated rings. The number of rotatable bonds is 5. The first-order chi connectivity index (χ1) is 8.31. The highest BCUT2D eigenvalue weighted by Gasteiger charge is 2.23. The SMILES string of the molecule is OCCCC(O)CC1CCOc2ccccc21. The third kappa shape index (κ3) is 3.20. The van der Waals surface area contributed by atoms with E-state index < -0.39 is 0 Å².